The van der Waals surface area contributed by atoms with Gasteiger partial charge in [-0.2, -0.15) is 0 Å². The smallest absolute Gasteiger partial charge is 0.192 e. The highest BCUT2D eigenvalue weighted by Crippen LogP contribution is 2.38. The number of ether oxygens (including phenoxy) is 2. The average molecular weight is 451 g/mol. The van der Waals surface area contributed by atoms with Crippen molar-refractivity contribution in [3.05, 3.63) is 48.6 Å². The number of rotatable bonds is 13. The standard InChI is InChI=1S/C26H46O4Si/c1-11-19(2)23(27)17-24(29-18-22-15-13-12-14-16-22)20(3)25(28-8)21(4)30-31(9,10)26(5,6)7/h11-16,19-21,23-25,27H,1,17-18H2,2-10H3/t19-,20-,21+,23-,24-,25+/m0/s1. The molecule has 5 heteroatoms. The molecule has 0 radical (unpaired) electrons. The Kier molecular flexibility index (Phi) is 11.1. The van der Waals surface area contributed by atoms with Crippen LogP contribution in [0.3, 0.4) is 0 Å². The normalized spacial score (nSPS) is 18.6. The Balaban J connectivity index is 3.01. The van der Waals surface area contributed by atoms with E-state index in [0.29, 0.717) is 13.0 Å². The molecule has 0 saturated carbocycles. The number of methoxy groups -OCH3 is 1. The van der Waals surface area contributed by atoms with Crippen molar-refractivity contribution < 1.29 is 19.0 Å². The van der Waals surface area contributed by atoms with Gasteiger partial charge in [-0.3, -0.25) is 0 Å². The third-order valence-corrected chi connectivity index (χ3v) is 11.5. The van der Waals surface area contributed by atoms with Crippen molar-refractivity contribution in [3.8, 4) is 0 Å². The summed E-state index contributed by atoms with van der Waals surface area (Å²) in [5.74, 6) is 0.0390. The van der Waals surface area contributed by atoms with Crippen LogP contribution in [0.1, 0.15) is 53.5 Å². The topological polar surface area (TPSA) is 47.9 Å². The molecule has 1 N–H and O–H groups in total. The van der Waals surface area contributed by atoms with Gasteiger partial charge in [0.25, 0.3) is 0 Å². The van der Waals surface area contributed by atoms with E-state index in [-0.39, 0.29) is 35.2 Å². The van der Waals surface area contributed by atoms with Gasteiger partial charge in [-0.25, -0.2) is 0 Å². The molecule has 178 valence electrons. The van der Waals surface area contributed by atoms with E-state index < -0.39 is 14.4 Å². The Morgan fingerprint density at radius 1 is 1.10 bits per heavy atom. The Labute approximate surface area is 192 Å². The molecule has 0 amide bonds. The van der Waals surface area contributed by atoms with Crippen molar-refractivity contribution in [2.45, 2.75) is 97.1 Å². The van der Waals surface area contributed by atoms with Gasteiger partial charge in [0.15, 0.2) is 8.32 Å². The molecular weight excluding hydrogens is 404 g/mol. The quantitative estimate of drug-likeness (QED) is 0.287. The van der Waals surface area contributed by atoms with Crippen molar-refractivity contribution in [1.29, 1.82) is 0 Å². The minimum atomic E-state index is -1.94. The van der Waals surface area contributed by atoms with Crippen LogP contribution in [0.4, 0.5) is 0 Å². The SMILES string of the molecule is C=C[C@H](C)[C@@H](O)C[C@H](OCc1ccccc1)[C@H](C)[C@@H](OC)[C@@H](C)O[Si](C)(C)C(C)(C)C. The van der Waals surface area contributed by atoms with Gasteiger partial charge in [0.1, 0.15) is 0 Å². The van der Waals surface area contributed by atoms with E-state index in [1.54, 1.807) is 13.2 Å². The van der Waals surface area contributed by atoms with Crippen LogP contribution in [0.15, 0.2) is 43.0 Å². The van der Waals surface area contributed by atoms with E-state index in [0.717, 1.165) is 5.56 Å². The number of aliphatic hydroxyl groups is 1. The van der Waals surface area contributed by atoms with Gasteiger partial charge < -0.3 is 19.0 Å². The first-order valence-electron chi connectivity index (χ1n) is 11.5. The molecule has 0 bridgehead atoms. The molecule has 6 atom stereocenters. The van der Waals surface area contributed by atoms with Gasteiger partial charge in [-0.1, -0.05) is 71.0 Å². The van der Waals surface area contributed by atoms with Crippen LogP contribution in [0.5, 0.6) is 0 Å². The largest absolute Gasteiger partial charge is 0.412 e. The summed E-state index contributed by atoms with van der Waals surface area (Å²) in [4.78, 5) is 0. The Bertz CT molecular complexity index is 641. The Hall–Kier alpha value is -0.983. The predicted molar refractivity (Wildman–Crippen MR) is 133 cm³/mol. The number of hydrogen-bond donors (Lipinski definition) is 1. The molecule has 1 aromatic rings. The van der Waals surface area contributed by atoms with Crippen molar-refractivity contribution in [2.24, 2.45) is 11.8 Å². The first-order chi connectivity index (χ1) is 14.3. The second-order valence-corrected chi connectivity index (χ2v) is 15.1. The molecule has 1 rings (SSSR count). The Morgan fingerprint density at radius 2 is 1.68 bits per heavy atom. The average Bonchev–Trinajstić information content (AvgIpc) is 2.70. The molecule has 31 heavy (non-hydrogen) atoms. The fourth-order valence-electron chi connectivity index (χ4n) is 3.58. The van der Waals surface area contributed by atoms with E-state index in [2.05, 4.69) is 66.4 Å². The molecule has 0 unspecified atom stereocenters. The van der Waals surface area contributed by atoms with Gasteiger partial charge in [0.05, 0.1) is 31.0 Å². The molecule has 0 saturated heterocycles. The van der Waals surface area contributed by atoms with Crippen LogP contribution in [0, 0.1) is 11.8 Å². The maximum atomic E-state index is 10.7. The van der Waals surface area contributed by atoms with Crippen LogP contribution in [-0.2, 0) is 20.5 Å². The molecule has 0 aromatic heterocycles. The lowest BCUT2D eigenvalue weighted by Crippen LogP contribution is -2.49. The highest BCUT2D eigenvalue weighted by atomic mass is 28.4. The minimum absolute atomic E-state index is 0.00285. The number of aliphatic hydroxyl groups excluding tert-OH is 1. The number of benzene rings is 1. The maximum absolute atomic E-state index is 10.7. The summed E-state index contributed by atoms with van der Waals surface area (Å²) in [6, 6.07) is 10.1. The minimum Gasteiger partial charge on any atom is -0.412 e. The molecule has 0 aliphatic carbocycles. The summed E-state index contributed by atoms with van der Waals surface area (Å²) in [7, 11) is -0.198. The summed E-state index contributed by atoms with van der Waals surface area (Å²) in [5, 5.41) is 10.8. The lowest BCUT2D eigenvalue weighted by atomic mass is 9.88. The molecule has 0 fully saturated rings. The van der Waals surface area contributed by atoms with Crippen LogP contribution < -0.4 is 0 Å². The van der Waals surface area contributed by atoms with Crippen molar-refractivity contribution >= 4 is 8.32 Å². The van der Waals surface area contributed by atoms with Crippen LogP contribution in [0.25, 0.3) is 0 Å². The van der Waals surface area contributed by atoms with Gasteiger partial charge in [0.2, 0.25) is 0 Å². The van der Waals surface area contributed by atoms with Crippen LogP contribution in [0.2, 0.25) is 18.1 Å². The zero-order valence-electron chi connectivity index (χ0n) is 21.2. The Morgan fingerprint density at radius 3 is 2.16 bits per heavy atom. The summed E-state index contributed by atoms with van der Waals surface area (Å²) >= 11 is 0. The van der Waals surface area contributed by atoms with E-state index >= 15 is 0 Å². The van der Waals surface area contributed by atoms with Gasteiger partial charge in [-0.05, 0) is 36.5 Å². The highest BCUT2D eigenvalue weighted by molar-refractivity contribution is 6.74. The first kappa shape index (κ1) is 28.1. The summed E-state index contributed by atoms with van der Waals surface area (Å²) in [5.41, 5.74) is 1.12. The van der Waals surface area contributed by atoms with Crippen molar-refractivity contribution in [2.75, 3.05) is 7.11 Å². The third kappa shape index (κ3) is 8.47. The fourth-order valence-corrected chi connectivity index (χ4v) is 4.99. The maximum Gasteiger partial charge on any atom is 0.192 e. The monoisotopic (exact) mass is 450 g/mol. The zero-order valence-corrected chi connectivity index (χ0v) is 22.2. The van der Waals surface area contributed by atoms with Crippen LogP contribution in [-0.4, -0.2) is 44.9 Å². The zero-order chi connectivity index (χ0) is 23.8. The first-order valence-corrected chi connectivity index (χ1v) is 14.4. The summed E-state index contributed by atoms with van der Waals surface area (Å²) in [6.07, 6.45) is 1.41. The van der Waals surface area contributed by atoms with Gasteiger partial charge in [-0.15, -0.1) is 6.58 Å². The van der Waals surface area contributed by atoms with E-state index in [9.17, 15) is 5.11 Å². The van der Waals surface area contributed by atoms with Crippen molar-refractivity contribution in [1.82, 2.24) is 0 Å². The second kappa shape index (κ2) is 12.3. The highest BCUT2D eigenvalue weighted by Gasteiger charge is 2.41. The second-order valence-electron chi connectivity index (χ2n) is 10.4. The molecule has 0 spiro atoms. The molecule has 0 heterocycles. The van der Waals surface area contributed by atoms with Gasteiger partial charge >= 0.3 is 0 Å². The molecule has 4 nitrogen and oxygen atoms in total. The molecular formula is C26H46O4Si. The fraction of sp³-hybridized carbons (Fsp3) is 0.692. The van der Waals surface area contributed by atoms with Crippen LogP contribution >= 0.6 is 0 Å². The molecule has 1 aromatic carbocycles. The lowest BCUT2D eigenvalue weighted by molar-refractivity contribution is -0.100. The summed E-state index contributed by atoms with van der Waals surface area (Å²) in [6.45, 7) is 21.8. The van der Waals surface area contributed by atoms with E-state index in [1.165, 1.54) is 0 Å². The summed E-state index contributed by atoms with van der Waals surface area (Å²) < 4.78 is 19.0. The van der Waals surface area contributed by atoms with Gasteiger partial charge in [0, 0.05) is 19.4 Å². The third-order valence-electron chi connectivity index (χ3n) is 6.89. The van der Waals surface area contributed by atoms with E-state index in [1.807, 2.05) is 25.1 Å². The lowest BCUT2D eigenvalue weighted by Gasteiger charge is -2.42. The van der Waals surface area contributed by atoms with Crippen molar-refractivity contribution in [3.63, 3.8) is 0 Å². The molecule has 0 aliphatic heterocycles. The number of hydrogen-bond acceptors (Lipinski definition) is 4. The predicted octanol–water partition coefficient (Wildman–Crippen LogP) is 6.21. The van der Waals surface area contributed by atoms with E-state index in [4.69, 9.17) is 13.9 Å². The molecule has 0 aliphatic rings.